The Morgan fingerprint density at radius 3 is 2.22 bits per heavy atom. The van der Waals surface area contributed by atoms with Gasteiger partial charge in [0.05, 0.1) is 4.90 Å². The van der Waals surface area contributed by atoms with Crippen molar-refractivity contribution in [3.8, 4) is 0 Å². The first-order chi connectivity index (χ1) is 8.47. The van der Waals surface area contributed by atoms with Crippen molar-refractivity contribution in [1.82, 2.24) is 0 Å². The van der Waals surface area contributed by atoms with Crippen LogP contribution in [0, 0.1) is 6.92 Å². The summed E-state index contributed by atoms with van der Waals surface area (Å²) in [4.78, 5) is -0.0226. The fourth-order valence-corrected chi connectivity index (χ4v) is 2.55. The Hall–Kier alpha value is -1.65. The first-order valence-electron chi connectivity index (χ1n) is 5.58. The maximum atomic E-state index is 11.3. The van der Waals surface area contributed by atoms with Crippen molar-refractivity contribution in [2.75, 3.05) is 0 Å². The van der Waals surface area contributed by atoms with Crippen molar-refractivity contribution < 1.29 is 13.0 Å². The molecule has 0 atom stereocenters. The monoisotopic (exact) mass is 262 g/mol. The Morgan fingerprint density at radius 2 is 1.61 bits per heavy atom. The zero-order chi connectivity index (χ0) is 13.2. The summed E-state index contributed by atoms with van der Waals surface area (Å²) in [6, 6.07) is 14.4. The molecule has 4 heteroatoms. The number of hydrogen-bond donors (Lipinski definition) is 1. The molecule has 94 valence electrons. The van der Waals surface area contributed by atoms with Gasteiger partial charge in [-0.2, -0.15) is 8.42 Å². The molecule has 0 unspecified atom stereocenters. The molecule has 0 saturated heterocycles. The van der Waals surface area contributed by atoms with Gasteiger partial charge in [-0.3, -0.25) is 4.55 Å². The molecule has 0 spiro atoms. The van der Waals surface area contributed by atoms with Crippen LogP contribution in [-0.2, 0) is 16.5 Å². The molecular weight excluding hydrogens is 248 g/mol. The van der Waals surface area contributed by atoms with Crippen LogP contribution >= 0.6 is 0 Å². The first-order valence-corrected chi connectivity index (χ1v) is 7.02. The van der Waals surface area contributed by atoms with Crippen LogP contribution in [0.25, 0.3) is 0 Å². The summed E-state index contributed by atoms with van der Waals surface area (Å²) in [5, 5.41) is 0. The Bertz CT molecular complexity index is 643. The Labute approximate surface area is 107 Å². The molecule has 0 aliphatic heterocycles. The number of benzene rings is 2. The Morgan fingerprint density at radius 1 is 1.00 bits per heavy atom. The lowest BCUT2D eigenvalue weighted by atomic mass is 10.0. The predicted octanol–water partition coefficient (Wildman–Crippen LogP) is 2.83. The molecule has 0 bridgehead atoms. The lowest BCUT2D eigenvalue weighted by Gasteiger charge is -2.07. The van der Waals surface area contributed by atoms with Gasteiger partial charge < -0.3 is 0 Å². The Balaban J connectivity index is 2.38. The second kappa shape index (κ2) is 4.92. The van der Waals surface area contributed by atoms with Crippen LogP contribution in [0.3, 0.4) is 0 Å². The van der Waals surface area contributed by atoms with E-state index < -0.39 is 10.1 Å². The summed E-state index contributed by atoms with van der Waals surface area (Å²) in [5.74, 6) is 0. The van der Waals surface area contributed by atoms with E-state index in [1.807, 2.05) is 31.2 Å². The molecule has 0 heterocycles. The van der Waals surface area contributed by atoms with Gasteiger partial charge in [-0.15, -0.1) is 0 Å². The largest absolute Gasteiger partial charge is 0.294 e. The molecular formula is C14H14O3S. The van der Waals surface area contributed by atoms with Gasteiger partial charge in [0.2, 0.25) is 0 Å². The van der Waals surface area contributed by atoms with Gasteiger partial charge in [0.1, 0.15) is 0 Å². The molecule has 18 heavy (non-hydrogen) atoms. The molecule has 0 aromatic heterocycles. The third kappa shape index (κ3) is 2.97. The number of aryl methyl sites for hydroxylation is 1. The minimum atomic E-state index is -4.16. The maximum Gasteiger partial charge on any atom is 0.294 e. The average molecular weight is 262 g/mol. The van der Waals surface area contributed by atoms with E-state index in [4.69, 9.17) is 4.55 Å². The fraction of sp³-hybridized carbons (Fsp3) is 0.143. The summed E-state index contributed by atoms with van der Waals surface area (Å²) < 4.78 is 31.7. The molecule has 0 aliphatic carbocycles. The fourth-order valence-electron chi connectivity index (χ4n) is 1.83. The van der Waals surface area contributed by atoms with Crippen LogP contribution in [0.4, 0.5) is 0 Å². The van der Waals surface area contributed by atoms with Crippen molar-refractivity contribution in [3.05, 3.63) is 65.2 Å². The highest BCUT2D eigenvalue weighted by molar-refractivity contribution is 7.85. The van der Waals surface area contributed by atoms with E-state index in [9.17, 15) is 8.42 Å². The van der Waals surface area contributed by atoms with Gasteiger partial charge in [0.25, 0.3) is 10.1 Å². The molecule has 0 fully saturated rings. The second-order valence-corrected chi connectivity index (χ2v) is 5.64. The Kier molecular flexibility index (Phi) is 3.50. The van der Waals surface area contributed by atoms with E-state index in [1.165, 1.54) is 6.07 Å². The maximum absolute atomic E-state index is 11.3. The highest BCUT2D eigenvalue weighted by Gasteiger charge is 2.14. The summed E-state index contributed by atoms with van der Waals surface area (Å²) in [7, 11) is -4.16. The lowest BCUT2D eigenvalue weighted by molar-refractivity contribution is 0.482. The number of rotatable bonds is 3. The quantitative estimate of drug-likeness (QED) is 0.865. The molecule has 2 rings (SSSR count). The van der Waals surface area contributed by atoms with Crippen LogP contribution in [0.5, 0.6) is 0 Å². The molecule has 0 aliphatic rings. The van der Waals surface area contributed by atoms with Gasteiger partial charge in [-0.1, -0.05) is 48.0 Å². The molecule has 2 aromatic rings. The van der Waals surface area contributed by atoms with E-state index in [-0.39, 0.29) is 4.90 Å². The minimum Gasteiger partial charge on any atom is -0.282 e. The summed E-state index contributed by atoms with van der Waals surface area (Å²) in [5.41, 5.74) is 2.77. The van der Waals surface area contributed by atoms with E-state index in [2.05, 4.69) is 0 Å². The average Bonchev–Trinajstić information content (AvgIpc) is 2.31. The van der Waals surface area contributed by atoms with E-state index in [1.54, 1.807) is 18.2 Å². The van der Waals surface area contributed by atoms with Crippen molar-refractivity contribution in [2.45, 2.75) is 18.2 Å². The van der Waals surface area contributed by atoms with E-state index in [0.717, 1.165) is 11.1 Å². The van der Waals surface area contributed by atoms with Crippen LogP contribution in [0.2, 0.25) is 0 Å². The molecule has 0 amide bonds. The molecule has 0 radical (unpaired) electrons. The summed E-state index contributed by atoms with van der Waals surface area (Å²) in [6.07, 6.45) is 0.482. The third-order valence-corrected chi connectivity index (χ3v) is 3.72. The van der Waals surface area contributed by atoms with Gasteiger partial charge in [0, 0.05) is 0 Å². The topological polar surface area (TPSA) is 54.4 Å². The second-order valence-electron chi connectivity index (χ2n) is 4.25. The minimum absolute atomic E-state index is 0.0226. The summed E-state index contributed by atoms with van der Waals surface area (Å²) in [6.45, 7) is 2.00. The highest BCUT2D eigenvalue weighted by atomic mass is 32.2. The molecule has 1 N–H and O–H groups in total. The van der Waals surface area contributed by atoms with Crippen molar-refractivity contribution in [3.63, 3.8) is 0 Å². The smallest absolute Gasteiger partial charge is 0.282 e. The standard InChI is InChI=1S/C14H14O3S/c1-11-6-8-12(9-7-11)10-13-4-2-3-5-14(13)18(15,16)17/h2-9H,10H2,1H3,(H,15,16,17). The lowest BCUT2D eigenvalue weighted by Crippen LogP contribution is -2.03. The van der Waals surface area contributed by atoms with Crippen molar-refractivity contribution >= 4 is 10.1 Å². The van der Waals surface area contributed by atoms with Crippen molar-refractivity contribution in [2.24, 2.45) is 0 Å². The summed E-state index contributed by atoms with van der Waals surface area (Å²) >= 11 is 0. The third-order valence-electron chi connectivity index (χ3n) is 2.77. The zero-order valence-electron chi connectivity index (χ0n) is 10.00. The number of hydrogen-bond acceptors (Lipinski definition) is 2. The predicted molar refractivity (Wildman–Crippen MR) is 70.2 cm³/mol. The van der Waals surface area contributed by atoms with Crippen molar-refractivity contribution in [1.29, 1.82) is 0 Å². The van der Waals surface area contributed by atoms with E-state index in [0.29, 0.717) is 12.0 Å². The zero-order valence-corrected chi connectivity index (χ0v) is 10.8. The van der Waals surface area contributed by atoms with Gasteiger partial charge in [-0.05, 0) is 30.5 Å². The van der Waals surface area contributed by atoms with E-state index >= 15 is 0 Å². The van der Waals surface area contributed by atoms with Gasteiger partial charge in [0.15, 0.2) is 0 Å². The van der Waals surface area contributed by atoms with Crippen LogP contribution < -0.4 is 0 Å². The van der Waals surface area contributed by atoms with Crippen LogP contribution in [-0.4, -0.2) is 13.0 Å². The normalized spacial score (nSPS) is 11.4. The molecule has 2 aromatic carbocycles. The van der Waals surface area contributed by atoms with Gasteiger partial charge in [-0.25, -0.2) is 0 Å². The molecule has 3 nitrogen and oxygen atoms in total. The SMILES string of the molecule is Cc1ccc(Cc2ccccc2S(=O)(=O)O)cc1. The molecule has 0 saturated carbocycles. The highest BCUT2D eigenvalue weighted by Crippen LogP contribution is 2.19. The van der Waals surface area contributed by atoms with Crippen LogP contribution in [0.1, 0.15) is 16.7 Å². The first kappa shape index (κ1) is 12.8. The van der Waals surface area contributed by atoms with Gasteiger partial charge >= 0.3 is 0 Å². The van der Waals surface area contributed by atoms with Crippen LogP contribution in [0.15, 0.2) is 53.4 Å².